The van der Waals surface area contributed by atoms with Crippen LogP contribution in [0.4, 0.5) is 0 Å². The monoisotopic (exact) mass is 283 g/mol. The Morgan fingerprint density at radius 2 is 1.57 bits per heavy atom. The summed E-state index contributed by atoms with van der Waals surface area (Å²) in [6, 6.07) is 19.7. The smallest absolute Gasteiger partial charge is 0.323 e. The first-order chi connectivity index (χ1) is 10.3. The topological polar surface area (TPSA) is 38.3 Å². The van der Waals surface area contributed by atoms with Crippen LogP contribution in [0.15, 0.2) is 60.7 Å². The standard InChI is InChI=1S/C18H21NO2/c1-2-21-18(20)17(13-15-9-5-3-6-10-15)19-14-16-11-7-4-8-12-16/h3-12,17,19H,2,13-14H2,1H3. The van der Waals surface area contributed by atoms with Gasteiger partial charge in [0.15, 0.2) is 0 Å². The van der Waals surface area contributed by atoms with E-state index in [0.29, 0.717) is 19.6 Å². The fourth-order valence-electron chi connectivity index (χ4n) is 2.17. The third kappa shape index (κ3) is 5.04. The van der Waals surface area contributed by atoms with E-state index < -0.39 is 0 Å². The maximum absolute atomic E-state index is 12.1. The van der Waals surface area contributed by atoms with Crippen LogP contribution >= 0.6 is 0 Å². The number of rotatable bonds is 7. The molecule has 2 rings (SSSR count). The van der Waals surface area contributed by atoms with Crippen LogP contribution in [0, 0.1) is 0 Å². The lowest BCUT2D eigenvalue weighted by Gasteiger charge is -2.17. The fraction of sp³-hybridized carbons (Fsp3) is 0.278. The van der Waals surface area contributed by atoms with Crippen molar-refractivity contribution in [1.82, 2.24) is 5.32 Å². The molecule has 0 aliphatic heterocycles. The zero-order valence-electron chi connectivity index (χ0n) is 12.3. The molecular formula is C18H21NO2. The summed E-state index contributed by atoms with van der Waals surface area (Å²) in [5, 5.41) is 3.29. The Bertz CT molecular complexity index is 540. The van der Waals surface area contributed by atoms with Crippen molar-refractivity contribution in [1.29, 1.82) is 0 Å². The highest BCUT2D eigenvalue weighted by Crippen LogP contribution is 2.06. The number of esters is 1. The summed E-state index contributed by atoms with van der Waals surface area (Å²) in [5.41, 5.74) is 2.27. The Kier molecular flexibility index (Phi) is 5.98. The number of carbonyl (C=O) groups excluding carboxylic acids is 1. The summed E-state index contributed by atoms with van der Waals surface area (Å²) in [7, 11) is 0. The van der Waals surface area contributed by atoms with Crippen molar-refractivity contribution >= 4 is 5.97 Å². The maximum Gasteiger partial charge on any atom is 0.323 e. The Morgan fingerprint density at radius 3 is 2.14 bits per heavy atom. The lowest BCUT2D eigenvalue weighted by Crippen LogP contribution is -2.39. The van der Waals surface area contributed by atoms with Gasteiger partial charge in [-0.3, -0.25) is 4.79 Å². The maximum atomic E-state index is 12.1. The van der Waals surface area contributed by atoms with E-state index in [9.17, 15) is 4.79 Å². The van der Waals surface area contributed by atoms with Gasteiger partial charge in [0.05, 0.1) is 6.61 Å². The molecule has 0 aliphatic rings. The molecule has 1 N–H and O–H groups in total. The van der Waals surface area contributed by atoms with E-state index in [-0.39, 0.29) is 12.0 Å². The Morgan fingerprint density at radius 1 is 1.00 bits per heavy atom. The van der Waals surface area contributed by atoms with E-state index in [4.69, 9.17) is 4.74 Å². The van der Waals surface area contributed by atoms with Gasteiger partial charge in [-0.1, -0.05) is 60.7 Å². The van der Waals surface area contributed by atoms with Gasteiger partial charge in [0.2, 0.25) is 0 Å². The average Bonchev–Trinajstić information content (AvgIpc) is 2.53. The van der Waals surface area contributed by atoms with E-state index in [1.165, 1.54) is 0 Å². The SMILES string of the molecule is CCOC(=O)C(Cc1ccccc1)NCc1ccccc1. The summed E-state index contributed by atoms with van der Waals surface area (Å²) in [4.78, 5) is 12.1. The van der Waals surface area contributed by atoms with Crippen molar-refractivity contribution in [2.24, 2.45) is 0 Å². The molecule has 2 aromatic carbocycles. The lowest BCUT2D eigenvalue weighted by molar-refractivity contribution is -0.145. The van der Waals surface area contributed by atoms with Gasteiger partial charge in [-0.15, -0.1) is 0 Å². The molecule has 0 saturated carbocycles. The zero-order valence-corrected chi connectivity index (χ0v) is 12.3. The molecule has 1 unspecified atom stereocenters. The van der Waals surface area contributed by atoms with Crippen LogP contribution in [0.1, 0.15) is 18.1 Å². The van der Waals surface area contributed by atoms with Crippen LogP contribution in [0.2, 0.25) is 0 Å². The minimum Gasteiger partial charge on any atom is -0.465 e. The van der Waals surface area contributed by atoms with Crippen LogP contribution in [-0.2, 0) is 22.5 Å². The molecule has 0 saturated heterocycles. The molecule has 0 aromatic heterocycles. The number of hydrogen-bond acceptors (Lipinski definition) is 3. The molecule has 0 heterocycles. The van der Waals surface area contributed by atoms with Crippen LogP contribution in [0.25, 0.3) is 0 Å². The highest BCUT2D eigenvalue weighted by molar-refractivity contribution is 5.76. The summed E-state index contributed by atoms with van der Waals surface area (Å²) in [5.74, 6) is -0.197. The predicted molar refractivity (Wildman–Crippen MR) is 83.8 cm³/mol. The van der Waals surface area contributed by atoms with Gasteiger partial charge < -0.3 is 10.1 Å². The van der Waals surface area contributed by atoms with E-state index in [0.717, 1.165) is 11.1 Å². The second kappa shape index (κ2) is 8.22. The lowest BCUT2D eigenvalue weighted by atomic mass is 10.1. The molecule has 1 atom stereocenters. The molecule has 0 fully saturated rings. The van der Waals surface area contributed by atoms with Crippen LogP contribution in [0.5, 0.6) is 0 Å². The van der Waals surface area contributed by atoms with Crippen LogP contribution in [0.3, 0.4) is 0 Å². The highest BCUT2D eigenvalue weighted by atomic mass is 16.5. The van der Waals surface area contributed by atoms with Gasteiger partial charge in [-0.2, -0.15) is 0 Å². The first-order valence-corrected chi connectivity index (χ1v) is 7.27. The number of carbonyl (C=O) groups is 1. The molecule has 0 radical (unpaired) electrons. The number of hydrogen-bond donors (Lipinski definition) is 1. The number of benzene rings is 2. The summed E-state index contributed by atoms with van der Waals surface area (Å²) < 4.78 is 5.16. The van der Waals surface area contributed by atoms with E-state index in [1.807, 2.05) is 67.6 Å². The molecule has 3 heteroatoms. The zero-order chi connectivity index (χ0) is 14.9. The Labute approximate surface area is 126 Å². The normalized spacial score (nSPS) is 11.9. The van der Waals surface area contributed by atoms with Crippen molar-refractivity contribution in [3.63, 3.8) is 0 Å². The Balaban J connectivity index is 2.00. The molecule has 21 heavy (non-hydrogen) atoms. The summed E-state index contributed by atoms with van der Waals surface area (Å²) in [6.07, 6.45) is 0.631. The largest absolute Gasteiger partial charge is 0.465 e. The minimum atomic E-state index is -0.326. The molecule has 3 nitrogen and oxygen atoms in total. The predicted octanol–water partition coefficient (Wildman–Crippen LogP) is 2.95. The molecule has 0 spiro atoms. The average molecular weight is 283 g/mol. The second-order valence-corrected chi connectivity index (χ2v) is 4.86. The van der Waals surface area contributed by atoms with Gasteiger partial charge in [-0.25, -0.2) is 0 Å². The molecule has 0 bridgehead atoms. The van der Waals surface area contributed by atoms with E-state index in [2.05, 4.69) is 5.32 Å². The van der Waals surface area contributed by atoms with Gasteiger partial charge in [0.25, 0.3) is 0 Å². The van der Waals surface area contributed by atoms with Crippen LogP contribution in [-0.4, -0.2) is 18.6 Å². The molecule has 110 valence electrons. The molecule has 0 amide bonds. The molecule has 2 aromatic rings. The van der Waals surface area contributed by atoms with Crippen molar-refractivity contribution in [3.8, 4) is 0 Å². The van der Waals surface area contributed by atoms with Gasteiger partial charge >= 0.3 is 5.97 Å². The number of nitrogens with one attached hydrogen (secondary N) is 1. The van der Waals surface area contributed by atoms with Crippen molar-refractivity contribution in [2.45, 2.75) is 25.9 Å². The number of ether oxygens (including phenoxy) is 1. The highest BCUT2D eigenvalue weighted by Gasteiger charge is 2.19. The Hall–Kier alpha value is -2.13. The summed E-state index contributed by atoms with van der Waals surface area (Å²) in [6.45, 7) is 2.88. The fourth-order valence-corrected chi connectivity index (χ4v) is 2.17. The second-order valence-electron chi connectivity index (χ2n) is 4.86. The first-order valence-electron chi connectivity index (χ1n) is 7.27. The molecular weight excluding hydrogens is 262 g/mol. The third-order valence-electron chi connectivity index (χ3n) is 3.25. The van der Waals surface area contributed by atoms with Gasteiger partial charge in [0.1, 0.15) is 6.04 Å². The van der Waals surface area contributed by atoms with Crippen molar-refractivity contribution in [3.05, 3.63) is 71.8 Å². The van der Waals surface area contributed by atoms with E-state index >= 15 is 0 Å². The molecule has 0 aliphatic carbocycles. The van der Waals surface area contributed by atoms with Crippen LogP contribution < -0.4 is 5.32 Å². The summed E-state index contributed by atoms with van der Waals surface area (Å²) >= 11 is 0. The van der Waals surface area contributed by atoms with E-state index in [1.54, 1.807) is 0 Å². The third-order valence-corrected chi connectivity index (χ3v) is 3.25. The van der Waals surface area contributed by atoms with Crippen molar-refractivity contribution < 1.29 is 9.53 Å². The van der Waals surface area contributed by atoms with Gasteiger partial charge in [-0.05, 0) is 24.5 Å². The first kappa shape index (κ1) is 15.3. The van der Waals surface area contributed by atoms with Gasteiger partial charge in [0, 0.05) is 6.54 Å². The minimum absolute atomic E-state index is 0.197. The van der Waals surface area contributed by atoms with Crippen molar-refractivity contribution in [2.75, 3.05) is 6.61 Å². The quantitative estimate of drug-likeness (QED) is 0.794.